The van der Waals surface area contributed by atoms with Crippen LogP contribution in [0.4, 0.5) is 4.79 Å². The lowest BCUT2D eigenvalue weighted by Gasteiger charge is -2.27. The van der Waals surface area contributed by atoms with Gasteiger partial charge < -0.3 is 14.8 Å². The molecule has 132 valence electrons. The van der Waals surface area contributed by atoms with Crippen molar-refractivity contribution in [2.45, 2.75) is 19.9 Å². The summed E-state index contributed by atoms with van der Waals surface area (Å²) in [6.07, 6.45) is 0.233. The molecule has 2 heterocycles. The zero-order valence-corrected chi connectivity index (χ0v) is 14.5. The van der Waals surface area contributed by atoms with E-state index in [0.717, 1.165) is 16.1 Å². The first-order valence-electron chi connectivity index (χ1n) is 8.34. The molecule has 1 fully saturated rings. The van der Waals surface area contributed by atoms with Crippen LogP contribution in [0.15, 0.2) is 30.3 Å². The lowest BCUT2D eigenvalue weighted by Crippen LogP contribution is -2.53. The first-order chi connectivity index (χ1) is 12.0. The molecule has 1 aliphatic heterocycles. The molecule has 0 radical (unpaired) electrons. The SMILES string of the molecule is Cc1cc2ccccc2n1CCN(C)C(=O)CN1C(=O)CCNC1=O. The average Bonchev–Trinajstić information content (AvgIpc) is 2.91. The van der Waals surface area contributed by atoms with Crippen LogP contribution in [0.2, 0.25) is 0 Å². The number of imide groups is 1. The number of para-hydroxylation sites is 1. The number of nitrogens with zero attached hydrogens (tertiary/aromatic N) is 3. The van der Waals surface area contributed by atoms with Crippen LogP contribution in [-0.4, -0.2) is 58.9 Å². The number of aromatic nitrogens is 1. The van der Waals surface area contributed by atoms with E-state index in [9.17, 15) is 14.4 Å². The van der Waals surface area contributed by atoms with Gasteiger partial charge in [-0.15, -0.1) is 0 Å². The van der Waals surface area contributed by atoms with Crippen LogP contribution in [0.5, 0.6) is 0 Å². The van der Waals surface area contributed by atoms with Crippen molar-refractivity contribution >= 4 is 28.7 Å². The summed E-state index contributed by atoms with van der Waals surface area (Å²) in [5.41, 5.74) is 2.26. The second kappa shape index (κ2) is 6.96. The number of carbonyl (C=O) groups is 3. The van der Waals surface area contributed by atoms with Crippen molar-refractivity contribution < 1.29 is 14.4 Å². The minimum atomic E-state index is -0.495. The lowest BCUT2D eigenvalue weighted by molar-refractivity contribution is -0.138. The summed E-state index contributed by atoms with van der Waals surface area (Å²) in [7, 11) is 1.69. The molecule has 1 aliphatic rings. The van der Waals surface area contributed by atoms with Gasteiger partial charge in [-0.2, -0.15) is 0 Å². The molecule has 7 nitrogen and oxygen atoms in total. The Morgan fingerprint density at radius 3 is 2.80 bits per heavy atom. The number of fused-ring (bicyclic) bond motifs is 1. The standard InChI is InChI=1S/C18H22N4O3/c1-13-11-14-5-3-4-6-15(14)21(13)10-9-20(2)17(24)12-22-16(23)7-8-19-18(22)25/h3-6,11H,7-10,12H2,1-2H3,(H,19,25). The smallest absolute Gasteiger partial charge is 0.324 e. The molecular formula is C18H22N4O3. The molecule has 1 saturated heterocycles. The van der Waals surface area contributed by atoms with E-state index in [-0.39, 0.29) is 24.8 Å². The maximum atomic E-state index is 12.4. The highest BCUT2D eigenvalue weighted by Gasteiger charge is 2.28. The molecule has 0 unspecified atom stereocenters. The van der Waals surface area contributed by atoms with Crippen molar-refractivity contribution in [3.05, 3.63) is 36.0 Å². The molecule has 7 heteroatoms. The van der Waals surface area contributed by atoms with Gasteiger partial charge in [-0.25, -0.2) is 4.79 Å². The summed E-state index contributed by atoms with van der Waals surface area (Å²) in [5, 5.41) is 3.75. The van der Waals surface area contributed by atoms with Gasteiger partial charge in [0.2, 0.25) is 11.8 Å². The van der Waals surface area contributed by atoms with Gasteiger partial charge in [0.15, 0.2) is 0 Å². The van der Waals surface area contributed by atoms with E-state index in [1.54, 1.807) is 11.9 Å². The number of carbonyl (C=O) groups excluding carboxylic acids is 3. The molecule has 3 rings (SSSR count). The van der Waals surface area contributed by atoms with E-state index < -0.39 is 6.03 Å². The maximum Gasteiger partial charge on any atom is 0.324 e. The zero-order chi connectivity index (χ0) is 18.0. The number of nitrogens with one attached hydrogen (secondary N) is 1. The Balaban J connectivity index is 1.62. The molecule has 1 N–H and O–H groups in total. The summed E-state index contributed by atoms with van der Waals surface area (Å²) >= 11 is 0. The number of likely N-dealkylation sites (N-methyl/N-ethyl adjacent to an activating group) is 1. The minimum Gasteiger partial charge on any atom is -0.343 e. The topological polar surface area (TPSA) is 74.7 Å². The highest BCUT2D eigenvalue weighted by atomic mass is 16.2. The van der Waals surface area contributed by atoms with Gasteiger partial charge in [0.05, 0.1) is 0 Å². The third-order valence-corrected chi connectivity index (χ3v) is 4.56. The molecule has 25 heavy (non-hydrogen) atoms. The van der Waals surface area contributed by atoms with Gasteiger partial charge >= 0.3 is 6.03 Å². The predicted molar refractivity (Wildman–Crippen MR) is 94.0 cm³/mol. The summed E-state index contributed by atoms with van der Waals surface area (Å²) in [6.45, 7) is 3.31. The molecule has 1 aromatic carbocycles. The third-order valence-electron chi connectivity index (χ3n) is 4.56. The lowest BCUT2D eigenvalue weighted by atomic mass is 10.2. The number of urea groups is 1. The quantitative estimate of drug-likeness (QED) is 0.891. The zero-order valence-electron chi connectivity index (χ0n) is 14.5. The van der Waals surface area contributed by atoms with Crippen molar-refractivity contribution in [1.29, 1.82) is 0 Å². The fraction of sp³-hybridized carbons (Fsp3) is 0.389. The second-order valence-electron chi connectivity index (χ2n) is 6.27. The molecule has 4 amide bonds. The number of rotatable bonds is 5. The Bertz CT molecular complexity index is 811. The van der Waals surface area contributed by atoms with E-state index in [0.29, 0.717) is 19.6 Å². The molecule has 0 spiro atoms. The van der Waals surface area contributed by atoms with Crippen molar-refractivity contribution in [1.82, 2.24) is 19.7 Å². The monoisotopic (exact) mass is 342 g/mol. The molecule has 0 atom stereocenters. The summed E-state index contributed by atoms with van der Waals surface area (Å²) < 4.78 is 2.16. The van der Waals surface area contributed by atoms with E-state index in [1.165, 1.54) is 5.39 Å². The third kappa shape index (κ3) is 3.50. The van der Waals surface area contributed by atoms with Gasteiger partial charge in [-0.3, -0.25) is 14.5 Å². The van der Waals surface area contributed by atoms with Crippen molar-refractivity contribution in [3.8, 4) is 0 Å². The Hall–Kier alpha value is -2.83. The molecule has 1 aromatic heterocycles. The van der Waals surface area contributed by atoms with Crippen LogP contribution in [0.3, 0.4) is 0 Å². The second-order valence-corrected chi connectivity index (χ2v) is 6.27. The number of aryl methyl sites for hydroxylation is 1. The molecule has 0 aliphatic carbocycles. The fourth-order valence-corrected chi connectivity index (χ4v) is 3.06. The van der Waals surface area contributed by atoms with E-state index in [2.05, 4.69) is 28.1 Å². The van der Waals surface area contributed by atoms with E-state index >= 15 is 0 Å². The largest absolute Gasteiger partial charge is 0.343 e. The minimum absolute atomic E-state index is 0.216. The highest BCUT2D eigenvalue weighted by Crippen LogP contribution is 2.19. The Kier molecular flexibility index (Phi) is 4.74. The molecule has 2 aromatic rings. The average molecular weight is 342 g/mol. The predicted octanol–water partition coefficient (Wildman–Crippen LogP) is 1.35. The molecule has 0 bridgehead atoms. The van der Waals surface area contributed by atoms with Gasteiger partial charge in [-0.1, -0.05) is 18.2 Å². The van der Waals surface area contributed by atoms with Crippen LogP contribution in [0.25, 0.3) is 10.9 Å². The number of hydrogen-bond donors (Lipinski definition) is 1. The van der Waals surface area contributed by atoms with E-state index in [4.69, 9.17) is 0 Å². The highest BCUT2D eigenvalue weighted by molar-refractivity contribution is 6.00. The Morgan fingerprint density at radius 2 is 2.04 bits per heavy atom. The molecular weight excluding hydrogens is 320 g/mol. The molecule has 0 saturated carbocycles. The first-order valence-corrected chi connectivity index (χ1v) is 8.34. The summed E-state index contributed by atoms with van der Waals surface area (Å²) in [4.78, 5) is 38.4. The van der Waals surface area contributed by atoms with Crippen molar-refractivity contribution in [2.24, 2.45) is 0 Å². The van der Waals surface area contributed by atoms with Gasteiger partial charge in [0, 0.05) is 44.3 Å². The van der Waals surface area contributed by atoms with Gasteiger partial charge in [-0.05, 0) is 24.4 Å². The Labute approximate surface area is 146 Å². The maximum absolute atomic E-state index is 12.4. The van der Waals surface area contributed by atoms with Crippen LogP contribution < -0.4 is 5.32 Å². The van der Waals surface area contributed by atoms with Crippen molar-refractivity contribution in [3.63, 3.8) is 0 Å². The first kappa shape index (κ1) is 17.0. The Morgan fingerprint density at radius 1 is 1.28 bits per heavy atom. The number of amides is 4. The number of benzene rings is 1. The van der Waals surface area contributed by atoms with Gasteiger partial charge in [0.25, 0.3) is 0 Å². The fourth-order valence-electron chi connectivity index (χ4n) is 3.06. The number of hydrogen-bond acceptors (Lipinski definition) is 3. The van der Waals surface area contributed by atoms with Gasteiger partial charge in [0.1, 0.15) is 6.54 Å². The van der Waals surface area contributed by atoms with Crippen LogP contribution in [-0.2, 0) is 16.1 Å². The van der Waals surface area contributed by atoms with E-state index in [1.807, 2.05) is 19.1 Å². The summed E-state index contributed by atoms with van der Waals surface area (Å²) in [6, 6.07) is 9.74. The van der Waals surface area contributed by atoms with Crippen molar-refractivity contribution in [2.75, 3.05) is 26.7 Å². The normalized spacial score (nSPS) is 14.7. The summed E-state index contributed by atoms with van der Waals surface area (Å²) in [5.74, 6) is -0.558. The van der Waals surface area contributed by atoms with Crippen LogP contribution in [0, 0.1) is 6.92 Å². The van der Waals surface area contributed by atoms with Crippen LogP contribution >= 0.6 is 0 Å². The van der Waals surface area contributed by atoms with Crippen LogP contribution in [0.1, 0.15) is 12.1 Å².